The van der Waals surface area contributed by atoms with Gasteiger partial charge < -0.3 is 15.2 Å². The van der Waals surface area contributed by atoms with Gasteiger partial charge in [0.1, 0.15) is 11.5 Å². The van der Waals surface area contributed by atoms with Gasteiger partial charge in [-0.1, -0.05) is 26.0 Å². The number of imidazole rings is 1. The first-order chi connectivity index (χ1) is 14.5. The van der Waals surface area contributed by atoms with E-state index in [0.717, 1.165) is 23.3 Å². The summed E-state index contributed by atoms with van der Waals surface area (Å²) in [6, 6.07) is 7.79. The average molecular weight is 409 g/mol. The van der Waals surface area contributed by atoms with Crippen LogP contribution in [0, 0.1) is 5.92 Å². The molecule has 0 aliphatic heterocycles. The largest absolute Gasteiger partial charge is 0.351 e. The molecule has 3 aromatic rings. The van der Waals surface area contributed by atoms with E-state index in [4.69, 9.17) is 4.98 Å². The molecule has 0 aliphatic rings. The lowest BCUT2D eigenvalue weighted by Gasteiger charge is -2.20. The topological polar surface area (TPSA) is 102 Å². The van der Waals surface area contributed by atoms with Crippen LogP contribution in [0.2, 0.25) is 0 Å². The molecule has 0 saturated carbocycles. The number of para-hydroxylation sites is 2. The van der Waals surface area contributed by atoms with Crippen molar-refractivity contribution in [3.63, 3.8) is 0 Å². The molecule has 0 spiro atoms. The maximum Gasteiger partial charge on any atom is 0.271 e. The van der Waals surface area contributed by atoms with Crippen LogP contribution < -0.4 is 10.6 Å². The lowest BCUT2D eigenvalue weighted by atomic mass is 10.0. The van der Waals surface area contributed by atoms with Crippen LogP contribution >= 0.6 is 0 Å². The zero-order chi connectivity index (χ0) is 21.5. The standard InChI is InChI=1S/C22H28N6O2/c1-15(2)13-17(21-27-16-7-4-5-8-19(16)28(21)3)26-20(29)9-6-10-25-22(30)18-14-23-11-12-24-18/h4-5,7-8,11-12,14-15,17H,6,9-10,13H2,1-3H3,(H,25,30)(H,26,29)/t17-/m1/s1. The van der Waals surface area contributed by atoms with E-state index >= 15 is 0 Å². The van der Waals surface area contributed by atoms with Gasteiger partial charge >= 0.3 is 0 Å². The minimum atomic E-state index is -0.291. The van der Waals surface area contributed by atoms with Crippen molar-refractivity contribution in [2.75, 3.05) is 6.54 Å². The summed E-state index contributed by atoms with van der Waals surface area (Å²) in [7, 11) is 1.98. The number of fused-ring (bicyclic) bond motifs is 1. The van der Waals surface area contributed by atoms with Crippen LogP contribution in [0.25, 0.3) is 11.0 Å². The molecular formula is C22H28N6O2. The van der Waals surface area contributed by atoms with E-state index in [-0.39, 0.29) is 23.6 Å². The normalized spacial score (nSPS) is 12.1. The molecule has 0 unspecified atom stereocenters. The van der Waals surface area contributed by atoms with E-state index in [1.165, 1.54) is 18.6 Å². The third-order valence-corrected chi connectivity index (χ3v) is 4.84. The van der Waals surface area contributed by atoms with Gasteiger partial charge in [0, 0.05) is 32.4 Å². The number of benzene rings is 1. The van der Waals surface area contributed by atoms with Gasteiger partial charge in [-0.3, -0.25) is 14.6 Å². The van der Waals surface area contributed by atoms with Crippen molar-refractivity contribution in [3.05, 3.63) is 54.4 Å². The number of aromatic nitrogens is 4. The first-order valence-corrected chi connectivity index (χ1v) is 10.2. The monoisotopic (exact) mass is 408 g/mol. The summed E-state index contributed by atoms with van der Waals surface area (Å²) in [4.78, 5) is 37.1. The van der Waals surface area contributed by atoms with Crippen molar-refractivity contribution in [2.24, 2.45) is 13.0 Å². The van der Waals surface area contributed by atoms with Crippen LogP contribution in [-0.4, -0.2) is 37.9 Å². The summed E-state index contributed by atoms with van der Waals surface area (Å²) in [5.74, 6) is 0.915. The Kier molecular flexibility index (Phi) is 7.11. The Morgan fingerprint density at radius 2 is 1.97 bits per heavy atom. The fourth-order valence-corrected chi connectivity index (χ4v) is 3.40. The third-order valence-electron chi connectivity index (χ3n) is 4.84. The Labute approximate surface area is 176 Å². The molecule has 2 N–H and O–H groups in total. The lowest BCUT2D eigenvalue weighted by molar-refractivity contribution is -0.122. The molecule has 3 rings (SSSR count). The van der Waals surface area contributed by atoms with Crippen molar-refractivity contribution in [2.45, 2.75) is 39.2 Å². The highest BCUT2D eigenvalue weighted by molar-refractivity contribution is 5.91. The molecule has 2 heterocycles. The number of hydrogen-bond acceptors (Lipinski definition) is 5. The van der Waals surface area contributed by atoms with Crippen LogP contribution in [0.3, 0.4) is 0 Å². The van der Waals surface area contributed by atoms with Gasteiger partial charge in [-0.05, 0) is 30.9 Å². The molecule has 2 aromatic heterocycles. The van der Waals surface area contributed by atoms with Gasteiger partial charge in [0.15, 0.2) is 0 Å². The Morgan fingerprint density at radius 1 is 1.17 bits per heavy atom. The number of carbonyl (C=O) groups excluding carboxylic acids is 2. The molecule has 0 fully saturated rings. The van der Waals surface area contributed by atoms with Crippen LogP contribution in [0.4, 0.5) is 0 Å². The third kappa shape index (κ3) is 5.40. The molecule has 8 nitrogen and oxygen atoms in total. The number of rotatable bonds is 9. The van der Waals surface area contributed by atoms with Crippen molar-refractivity contribution in [3.8, 4) is 0 Å². The number of nitrogens with one attached hydrogen (secondary N) is 2. The second-order valence-electron chi connectivity index (χ2n) is 7.72. The van der Waals surface area contributed by atoms with E-state index < -0.39 is 0 Å². The number of amides is 2. The predicted molar refractivity (Wildman–Crippen MR) is 115 cm³/mol. The van der Waals surface area contributed by atoms with Crippen LogP contribution in [0.15, 0.2) is 42.9 Å². The molecule has 30 heavy (non-hydrogen) atoms. The van der Waals surface area contributed by atoms with E-state index in [0.29, 0.717) is 25.3 Å². The summed E-state index contributed by atoms with van der Waals surface area (Å²) in [5.41, 5.74) is 2.23. The second kappa shape index (κ2) is 9.96. The van der Waals surface area contributed by atoms with Gasteiger partial charge in [-0.15, -0.1) is 0 Å². The zero-order valence-electron chi connectivity index (χ0n) is 17.6. The number of aryl methyl sites for hydroxylation is 1. The van der Waals surface area contributed by atoms with Crippen LogP contribution in [0.1, 0.15) is 55.5 Å². The smallest absolute Gasteiger partial charge is 0.271 e. The molecule has 0 radical (unpaired) electrons. The molecule has 0 bridgehead atoms. The van der Waals surface area contributed by atoms with Gasteiger partial charge in [-0.25, -0.2) is 9.97 Å². The summed E-state index contributed by atoms with van der Waals surface area (Å²) in [6.07, 6.45) is 6.05. The second-order valence-corrected chi connectivity index (χ2v) is 7.72. The van der Waals surface area contributed by atoms with E-state index in [9.17, 15) is 9.59 Å². The Bertz CT molecular complexity index is 999. The van der Waals surface area contributed by atoms with Crippen molar-refractivity contribution in [1.82, 2.24) is 30.2 Å². The quantitative estimate of drug-likeness (QED) is 0.530. The summed E-state index contributed by atoms with van der Waals surface area (Å²) in [6.45, 7) is 4.65. The summed E-state index contributed by atoms with van der Waals surface area (Å²) < 4.78 is 2.05. The van der Waals surface area contributed by atoms with Gasteiger partial charge in [-0.2, -0.15) is 0 Å². The van der Waals surface area contributed by atoms with Crippen molar-refractivity contribution >= 4 is 22.8 Å². The average Bonchev–Trinajstić information content (AvgIpc) is 3.08. The molecule has 0 saturated heterocycles. The fraction of sp³-hybridized carbons (Fsp3) is 0.409. The summed E-state index contributed by atoms with van der Waals surface area (Å²) >= 11 is 0. The highest BCUT2D eigenvalue weighted by atomic mass is 16.2. The van der Waals surface area contributed by atoms with Gasteiger partial charge in [0.05, 0.1) is 23.3 Å². The Hall–Kier alpha value is -3.29. The molecule has 0 aliphatic carbocycles. The predicted octanol–water partition coefficient (Wildman–Crippen LogP) is 2.78. The Morgan fingerprint density at radius 3 is 2.67 bits per heavy atom. The highest BCUT2D eigenvalue weighted by Gasteiger charge is 2.21. The summed E-state index contributed by atoms with van der Waals surface area (Å²) in [5, 5.41) is 5.89. The first-order valence-electron chi connectivity index (χ1n) is 10.2. The maximum absolute atomic E-state index is 12.6. The minimum Gasteiger partial charge on any atom is -0.351 e. The number of nitrogens with zero attached hydrogens (tertiary/aromatic N) is 4. The highest BCUT2D eigenvalue weighted by Crippen LogP contribution is 2.24. The zero-order valence-corrected chi connectivity index (χ0v) is 17.6. The van der Waals surface area contributed by atoms with Crippen LogP contribution in [-0.2, 0) is 11.8 Å². The van der Waals surface area contributed by atoms with Crippen molar-refractivity contribution < 1.29 is 9.59 Å². The molecule has 2 amide bonds. The molecule has 1 atom stereocenters. The molecule has 8 heteroatoms. The number of hydrogen-bond donors (Lipinski definition) is 2. The lowest BCUT2D eigenvalue weighted by Crippen LogP contribution is -2.32. The van der Waals surface area contributed by atoms with Crippen LogP contribution in [0.5, 0.6) is 0 Å². The molecular weight excluding hydrogens is 380 g/mol. The van der Waals surface area contributed by atoms with E-state index in [2.05, 4.69) is 34.4 Å². The SMILES string of the molecule is CC(C)C[C@@H](NC(=O)CCCNC(=O)c1cnccn1)c1nc2ccccc2n1C. The van der Waals surface area contributed by atoms with Gasteiger partial charge in [0.25, 0.3) is 5.91 Å². The molecule has 158 valence electrons. The van der Waals surface area contributed by atoms with Crippen molar-refractivity contribution in [1.29, 1.82) is 0 Å². The van der Waals surface area contributed by atoms with E-state index in [1.54, 1.807) is 0 Å². The Balaban J connectivity index is 1.56. The minimum absolute atomic E-state index is 0.0542. The van der Waals surface area contributed by atoms with E-state index in [1.807, 2.05) is 35.9 Å². The first kappa shape index (κ1) is 21.4. The molecule has 1 aromatic carbocycles. The maximum atomic E-state index is 12.6. The van der Waals surface area contributed by atoms with Gasteiger partial charge in [0.2, 0.25) is 5.91 Å². The fourth-order valence-electron chi connectivity index (χ4n) is 3.40. The number of carbonyl (C=O) groups is 2.